The zero-order chi connectivity index (χ0) is 11.3. The Morgan fingerprint density at radius 3 is 2.80 bits per heavy atom. The van der Waals surface area contributed by atoms with Crippen molar-refractivity contribution in [2.24, 2.45) is 7.05 Å². The van der Waals surface area contributed by atoms with Crippen LogP contribution in [0.5, 0.6) is 0 Å². The van der Waals surface area contributed by atoms with Gasteiger partial charge in [0.05, 0.1) is 17.8 Å². The number of alkyl halides is 1. The van der Waals surface area contributed by atoms with Crippen molar-refractivity contribution in [3.05, 3.63) is 11.9 Å². The van der Waals surface area contributed by atoms with E-state index in [4.69, 9.17) is 11.6 Å². The molecule has 1 aromatic heterocycles. The Balaban J connectivity index is 2.34. The zero-order valence-electron chi connectivity index (χ0n) is 9.53. The van der Waals surface area contributed by atoms with Crippen molar-refractivity contribution in [2.45, 2.75) is 17.5 Å². The molecule has 0 saturated heterocycles. The molecule has 0 aliphatic rings. The molecule has 86 valence electrons. The summed E-state index contributed by atoms with van der Waals surface area (Å²) in [6.07, 6.45) is 3.03. The van der Waals surface area contributed by atoms with Crippen LogP contribution in [-0.2, 0) is 12.9 Å². The quantitative estimate of drug-likeness (QED) is 0.437. The maximum Gasteiger partial charge on any atom is 0.167 e. The lowest BCUT2D eigenvalue weighted by atomic mass is 10.5. The Kier molecular flexibility index (Phi) is 5.50. The van der Waals surface area contributed by atoms with Gasteiger partial charge in [0.25, 0.3) is 0 Å². The van der Waals surface area contributed by atoms with Crippen molar-refractivity contribution in [1.82, 2.24) is 14.5 Å². The Morgan fingerprint density at radius 1 is 1.53 bits per heavy atom. The summed E-state index contributed by atoms with van der Waals surface area (Å²) >= 11 is 7.56. The monoisotopic (exact) mass is 247 g/mol. The molecular formula is C10H18ClN3S. The predicted molar refractivity (Wildman–Crippen MR) is 66.7 cm³/mol. The Morgan fingerprint density at radius 2 is 2.27 bits per heavy atom. The number of imidazole rings is 1. The van der Waals surface area contributed by atoms with Crippen molar-refractivity contribution in [2.75, 3.05) is 26.4 Å². The summed E-state index contributed by atoms with van der Waals surface area (Å²) in [5.74, 6) is 1.63. The number of nitrogens with zero attached hydrogens (tertiary/aromatic N) is 3. The van der Waals surface area contributed by atoms with Gasteiger partial charge in [-0.25, -0.2) is 4.98 Å². The molecule has 15 heavy (non-hydrogen) atoms. The lowest BCUT2D eigenvalue weighted by Crippen LogP contribution is -2.13. The van der Waals surface area contributed by atoms with Gasteiger partial charge in [-0.3, -0.25) is 0 Å². The molecule has 0 radical (unpaired) electrons. The molecule has 5 heteroatoms. The van der Waals surface area contributed by atoms with E-state index in [2.05, 4.69) is 28.5 Å². The van der Waals surface area contributed by atoms with Crippen LogP contribution in [0.2, 0.25) is 0 Å². The highest BCUT2D eigenvalue weighted by Gasteiger charge is 2.05. The molecule has 0 amide bonds. The molecule has 0 aliphatic carbocycles. The van der Waals surface area contributed by atoms with Gasteiger partial charge >= 0.3 is 0 Å². The third kappa shape index (κ3) is 4.05. The fourth-order valence-corrected chi connectivity index (χ4v) is 2.37. The SMILES string of the molecule is CN(C)CCCSc1ncc(CCl)n1C. The van der Waals surface area contributed by atoms with E-state index in [-0.39, 0.29) is 0 Å². The standard InChI is InChI=1S/C10H18ClN3S/c1-13(2)5-4-6-15-10-12-8-9(7-11)14(10)3/h8H,4-7H2,1-3H3. The Bertz CT molecular complexity index is 299. The first-order chi connectivity index (χ1) is 7.15. The number of hydrogen-bond donors (Lipinski definition) is 0. The van der Waals surface area contributed by atoms with Gasteiger partial charge in [0.2, 0.25) is 0 Å². The second-order valence-corrected chi connectivity index (χ2v) is 5.06. The largest absolute Gasteiger partial charge is 0.325 e. The van der Waals surface area contributed by atoms with E-state index in [0.29, 0.717) is 5.88 Å². The molecule has 0 fully saturated rings. The summed E-state index contributed by atoms with van der Waals surface area (Å²) < 4.78 is 2.06. The van der Waals surface area contributed by atoms with Crippen LogP contribution in [0.1, 0.15) is 12.1 Å². The average Bonchev–Trinajstić information content (AvgIpc) is 2.54. The fourth-order valence-electron chi connectivity index (χ4n) is 1.23. The van der Waals surface area contributed by atoms with Gasteiger partial charge < -0.3 is 9.47 Å². The van der Waals surface area contributed by atoms with E-state index < -0.39 is 0 Å². The molecule has 0 aliphatic heterocycles. The Hall–Kier alpha value is -0.190. The van der Waals surface area contributed by atoms with Crippen LogP contribution in [0, 0.1) is 0 Å². The highest BCUT2D eigenvalue weighted by molar-refractivity contribution is 7.99. The molecule has 0 unspecified atom stereocenters. The summed E-state index contributed by atoms with van der Waals surface area (Å²) in [4.78, 5) is 6.53. The molecule has 1 rings (SSSR count). The molecular weight excluding hydrogens is 230 g/mol. The van der Waals surface area contributed by atoms with Crippen LogP contribution < -0.4 is 0 Å². The van der Waals surface area contributed by atoms with Crippen LogP contribution >= 0.6 is 23.4 Å². The van der Waals surface area contributed by atoms with E-state index in [1.807, 2.05) is 13.2 Å². The maximum atomic E-state index is 5.77. The third-order valence-electron chi connectivity index (χ3n) is 2.16. The first-order valence-electron chi connectivity index (χ1n) is 4.99. The summed E-state index contributed by atoms with van der Waals surface area (Å²) in [6, 6.07) is 0. The summed E-state index contributed by atoms with van der Waals surface area (Å²) in [5, 5.41) is 1.06. The lowest BCUT2D eigenvalue weighted by Gasteiger charge is -2.08. The lowest BCUT2D eigenvalue weighted by molar-refractivity contribution is 0.410. The summed E-state index contributed by atoms with van der Waals surface area (Å²) in [7, 11) is 6.20. The molecule has 0 saturated carbocycles. The molecule has 0 spiro atoms. The minimum atomic E-state index is 0.530. The fraction of sp³-hybridized carbons (Fsp3) is 0.700. The smallest absolute Gasteiger partial charge is 0.167 e. The van der Waals surface area contributed by atoms with Crippen molar-refractivity contribution in [1.29, 1.82) is 0 Å². The van der Waals surface area contributed by atoms with Crippen LogP contribution in [0.15, 0.2) is 11.4 Å². The normalized spacial score (nSPS) is 11.3. The van der Waals surface area contributed by atoms with Gasteiger partial charge in [-0.15, -0.1) is 11.6 Å². The average molecular weight is 248 g/mol. The van der Waals surface area contributed by atoms with E-state index in [0.717, 1.165) is 23.1 Å². The van der Waals surface area contributed by atoms with E-state index in [1.54, 1.807) is 11.8 Å². The van der Waals surface area contributed by atoms with Gasteiger partial charge in [0.1, 0.15) is 0 Å². The van der Waals surface area contributed by atoms with Gasteiger partial charge in [0, 0.05) is 12.8 Å². The van der Waals surface area contributed by atoms with E-state index in [1.165, 1.54) is 6.42 Å². The topological polar surface area (TPSA) is 21.1 Å². The number of rotatable bonds is 6. The van der Waals surface area contributed by atoms with Crippen LogP contribution in [0.25, 0.3) is 0 Å². The molecule has 0 bridgehead atoms. The maximum absolute atomic E-state index is 5.77. The van der Waals surface area contributed by atoms with Crippen molar-refractivity contribution in [3.63, 3.8) is 0 Å². The molecule has 0 N–H and O–H groups in total. The van der Waals surface area contributed by atoms with Crippen molar-refractivity contribution >= 4 is 23.4 Å². The molecule has 0 atom stereocenters. The Labute approximate surface area is 101 Å². The van der Waals surface area contributed by atoms with Crippen molar-refractivity contribution < 1.29 is 0 Å². The summed E-state index contributed by atoms with van der Waals surface area (Å²) in [6.45, 7) is 1.12. The number of halogens is 1. The predicted octanol–water partition coefficient (Wildman–Crippen LogP) is 2.20. The van der Waals surface area contributed by atoms with Crippen LogP contribution in [0.3, 0.4) is 0 Å². The minimum Gasteiger partial charge on any atom is -0.325 e. The van der Waals surface area contributed by atoms with Gasteiger partial charge in [-0.05, 0) is 27.1 Å². The highest BCUT2D eigenvalue weighted by Crippen LogP contribution is 2.18. The second-order valence-electron chi connectivity index (χ2n) is 3.73. The van der Waals surface area contributed by atoms with Crippen LogP contribution in [-0.4, -0.2) is 40.8 Å². The molecule has 1 aromatic rings. The number of aromatic nitrogens is 2. The highest BCUT2D eigenvalue weighted by atomic mass is 35.5. The number of hydrogen-bond acceptors (Lipinski definition) is 3. The summed E-state index contributed by atoms with van der Waals surface area (Å²) in [5.41, 5.74) is 1.08. The number of thioether (sulfide) groups is 1. The van der Waals surface area contributed by atoms with E-state index >= 15 is 0 Å². The molecule has 1 heterocycles. The van der Waals surface area contributed by atoms with Crippen molar-refractivity contribution in [3.8, 4) is 0 Å². The first-order valence-corrected chi connectivity index (χ1v) is 6.51. The second kappa shape index (κ2) is 6.40. The first kappa shape index (κ1) is 12.9. The van der Waals surface area contributed by atoms with Crippen LogP contribution in [0.4, 0.5) is 0 Å². The molecule has 3 nitrogen and oxygen atoms in total. The van der Waals surface area contributed by atoms with Gasteiger partial charge in [0.15, 0.2) is 5.16 Å². The van der Waals surface area contributed by atoms with E-state index in [9.17, 15) is 0 Å². The minimum absolute atomic E-state index is 0.530. The zero-order valence-corrected chi connectivity index (χ0v) is 11.1. The third-order valence-corrected chi connectivity index (χ3v) is 3.56. The molecule has 0 aromatic carbocycles. The van der Waals surface area contributed by atoms with Gasteiger partial charge in [-0.1, -0.05) is 11.8 Å². The van der Waals surface area contributed by atoms with Gasteiger partial charge in [-0.2, -0.15) is 0 Å².